The molecule has 3 aromatic rings. The zero-order chi connectivity index (χ0) is 25.4. The number of halogens is 2. The highest BCUT2D eigenvalue weighted by Crippen LogP contribution is 2.21. The van der Waals surface area contributed by atoms with Crippen LogP contribution in [0.4, 0.5) is 10.2 Å². The molecule has 0 unspecified atom stereocenters. The Morgan fingerprint density at radius 2 is 2.00 bits per heavy atom. The summed E-state index contributed by atoms with van der Waals surface area (Å²) < 4.78 is 13.8. The maximum absolute atomic E-state index is 13.8. The highest BCUT2D eigenvalue weighted by molar-refractivity contribution is 6.31. The number of hydroxylamine groups is 1. The van der Waals surface area contributed by atoms with Crippen LogP contribution in [0.15, 0.2) is 54.7 Å². The van der Waals surface area contributed by atoms with Crippen LogP contribution in [0.5, 0.6) is 0 Å². The molecule has 0 aliphatic heterocycles. The molecular weight excluding hydrogens is 479 g/mol. The number of hydrogen-bond donors (Lipinski definition) is 3. The maximum atomic E-state index is 13.8. The number of hydrazine groups is 1. The summed E-state index contributed by atoms with van der Waals surface area (Å²) in [4.78, 5) is 34.1. The van der Waals surface area contributed by atoms with Gasteiger partial charge in [0.15, 0.2) is 5.82 Å². The Morgan fingerprint density at radius 3 is 2.69 bits per heavy atom. The third kappa shape index (κ3) is 6.93. The van der Waals surface area contributed by atoms with E-state index in [0.717, 1.165) is 15.8 Å². The molecule has 11 heteroatoms. The molecule has 0 aliphatic rings. The molecule has 0 spiro atoms. The van der Waals surface area contributed by atoms with Crippen molar-refractivity contribution in [2.45, 2.75) is 32.0 Å². The van der Waals surface area contributed by atoms with Gasteiger partial charge in [0, 0.05) is 25.1 Å². The summed E-state index contributed by atoms with van der Waals surface area (Å²) in [5, 5.41) is 23.1. The van der Waals surface area contributed by atoms with Crippen LogP contribution in [0.3, 0.4) is 0 Å². The molecule has 3 N–H and O–H groups in total. The van der Waals surface area contributed by atoms with Crippen LogP contribution in [0.1, 0.15) is 18.9 Å². The molecule has 0 fully saturated rings. The van der Waals surface area contributed by atoms with Crippen LogP contribution >= 0.6 is 11.6 Å². The average molecular weight is 505 g/mol. The molecule has 2 aromatic carbocycles. The second kappa shape index (κ2) is 12.5. The van der Waals surface area contributed by atoms with E-state index in [1.165, 1.54) is 24.1 Å². The molecule has 35 heavy (non-hydrogen) atoms. The molecule has 2 atom stereocenters. The standard InChI is InChI=1S/C24H26ClFN4O5/c1-16(33)30(28-12-19-7-4-8-22(26)24(19)25)20(10-21(34)13-31)14-35-29(15-32)23-9-17-5-2-3-6-18(17)11-27-23/h2-9,11,15,20-21,28,31,34H,10,12-14H2,1H3/t20-,21+/m1/s1. The van der Waals surface area contributed by atoms with E-state index < -0.39 is 30.5 Å². The van der Waals surface area contributed by atoms with E-state index in [1.54, 1.807) is 18.3 Å². The van der Waals surface area contributed by atoms with Gasteiger partial charge in [0.1, 0.15) is 5.82 Å². The number of nitrogens with one attached hydrogen (secondary N) is 1. The molecule has 0 bridgehead atoms. The molecule has 0 radical (unpaired) electrons. The first-order valence-corrected chi connectivity index (χ1v) is 11.2. The molecule has 0 saturated heterocycles. The van der Waals surface area contributed by atoms with Gasteiger partial charge in [-0.25, -0.2) is 14.8 Å². The predicted octanol–water partition coefficient (Wildman–Crippen LogP) is 2.59. The molecule has 186 valence electrons. The number of amides is 2. The third-order valence-corrected chi connectivity index (χ3v) is 5.70. The van der Waals surface area contributed by atoms with Crippen molar-refractivity contribution in [1.29, 1.82) is 0 Å². The Bertz CT molecular complexity index is 1170. The van der Waals surface area contributed by atoms with Crippen LogP contribution in [-0.4, -0.2) is 57.9 Å². The summed E-state index contributed by atoms with van der Waals surface area (Å²) in [6.45, 7) is 0.530. The van der Waals surface area contributed by atoms with Gasteiger partial charge in [-0.3, -0.25) is 19.4 Å². The Balaban J connectivity index is 1.77. The summed E-state index contributed by atoms with van der Waals surface area (Å²) in [7, 11) is 0. The maximum Gasteiger partial charge on any atom is 0.239 e. The highest BCUT2D eigenvalue weighted by atomic mass is 35.5. The van der Waals surface area contributed by atoms with Crippen molar-refractivity contribution in [3.05, 3.63) is 71.1 Å². The van der Waals surface area contributed by atoms with Gasteiger partial charge in [0.2, 0.25) is 12.3 Å². The molecule has 9 nitrogen and oxygen atoms in total. The number of aromatic nitrogens is 1. The van der Waals surface area contributed by atoms with E-state index in [2.05, 4.69) is 10.4 Å². The summed E-state index contributed by atoms with van der Waals surface area (Å²) in [5.41, 5.74) is 3.29. The molecule has 0 saturated carbocycles. The summed E-state index contributed by atoms with van der Waals surface area (Å²) >= 11 is 6.00. The minimum absolute atomic E-state index is 0.00547. The smallest absolute Gasteiger partial charge is 0.239 e. The fourth-order valence-corrected chi connectivity index (χ4v) is 3.69. The number of aliphatic hydroxyl groups excluding tert-OH is 2. The predicted molar refractivity (Wildman–Crippen MR) is 129 cm³/mol. The fourth-order valence-electron chi connectivity index (χ4n) is 3.50. The fraction of sp³-hybridized carbons (Fsp3) is 0.292. The molecule has 3 rings (SSSR count). The first-order chi connectivity index (χ1) is 16.8. The number of pyridine rings is 1. The summed E-state index contributed by atoms with van der Waals surface area (Å²) in [5.74, 6) is -0.799. The number of carbonyl (C=O) groups excluding carboxylic acids is 2. The van der Waals surface area contributed by atoms with E-state index in [1.807, 2.05) is 24.3 Å². The van der Waals surface area contributed by atoms with E-state index in [9.17, 15) is 24.2 Å². The van der Waals surface area contributed by atoms with E-state index in [4.69, 9.17) is 16.4 Å². The number of aliphatic hydroxyl groups is 2. The van der Waals surface area contributed by atoms with E-state index in [0.29, 0.717) is 12.0 Å². The number of hydrogen-bond acceptors (Lipinski definition) is 7. The minimum Gasteiger partial charge on any atom is -0.394 e. The molecule has 1 aromatic heterocycles. The first kappa shape index (κ1) is 26.5. The van der Waals surface area contributed by atoms with Gasteiger partial charge in [-0.15, -0.1) is 0 Å². The Kier molecular flexibility index (Phi) is 9.47. The largest absolute Gasteiger partial charge is 0.394 e. The molecular formula is C24H26ClFN4O5. The number of anilines is 1. The number of nitrogens with zero attached hydrogens (tertiary/aromatic N) is 3. The van der Waals surface area contributed by atoms with Crippen LogP contribution < -0.4 is 10.5 Å². The highest BCUT2D eigenvalue weighted by Gasteiger charge is 2.26. The quantitative estimate of drug-likeness (QED) is 0.256. The SMILES string of the molecule is CC(=O)N(NCc1cccc(F)c1Cl)[C@@H](CON(C=O)c1cc2ccccc2cn1)C[C@H](O)CO. The summed E-state index contributed by atoms with van der Waals surface area (Å²) in [6, 6.07) is 12.6. The van der Waals surface area contributed by atoms with E-state index in [-0.39, 0.29) is 30.4 Å². The molecule has 1 heterocycles. The zero-order valence-electron chi connectivity index (χ0n) is 19.0. The van der Waals surface area contributed by atoms with Crippen molar-refractivity contribution < 1.29 is 29.0 Å². The average Bonchev–Trinajstić information content (AvgIpc) is 2.86. The van der Waals surface area contributed by atoms with Gasteiger partial charge < -0.3 is 10.2 Å². The van der Waals surface area contributed by atoms with Crippen molar-refractivity contribution in [2.75, 3.05) is 18.3 Å². The van der Waals surface area contributed by atoms with Crippen LogP contribution in [-0.2, 0) is 21.0 Å². The van der Waals surface area contributed by atoms with Gasteiger partial charge in [-0.1, -0.05) is 48.0 Å². The van der Waals surface area contributed by atoms with Crippen LogP contribution in [0.25, 0.3) is 10.8 Å². The topological polar surface area (TPSA) is 115 Å². The Morgan fingerprint density at radius 1 is 1.26 bits per heavy atom. The van der Waals surface area contributed by atoms with Crippen LogP contribution in [0.2, 0.25) is 5.02 Å². The van der Waals surface area contributed by atoms with Crippen LogP contribution in [0, 0.1) is 5.82 Å². The monoisotopic (exact) mass is 504 g/mol. The Labute approximate surface area is 206 Å². The van der Waals surface area contributed by atoms with Crippen molar-refractivity contribution in [1.82, 2.24) is 15.4 Å². The second-order valence-corrected chi connectivity index (χ2v) is 8.16. The van der Waals surface area contributed by atoms with Gasteiger partial charge in [0.25, 0.3) is 0 Å². The number of benzene rings is 2. The van der Waals surface area contributed by atoms with Crippen molar-refractivity contribution >= 4 is 40.5 Å². The summed E-state index contributed by atoms with van der Waals surface area (Å²) in [6.07, 6.45) is 0.810. The van der Waals surface area contributed by atoms with Crippen molar-refractivity contribution in [3.63, 3.8) is 0 Å². The second-order valence-electron chi connectivity index (χ2n) is 7.78. The first-order valence-electron chi connectivity index (χ1n) is 10.8. The number of carbonyl (C=O) groups is 2. The number of rotatable bonds is 12. The zero-order valence-corrected chi connectivity index (χ0v) is 19.7. The van der Waals surface area contributed by atoms with E-state index >= 15 is 0 Å². The lowest BCUT2D eigenvalue weighted by molar-refractivity contribution is -0.138. The normalized spacial score (nSPS) is 12.8. The van der Waals surface area contributed by atoms with Gasteiger partial charge in [-0.2, -0.15) is 5.06 Å². The van der Waals surface area contributed by atoms with Gasteiger partial charge >= 0.3 is 0 Å². The van der Waals surface area contributed by atoms with Crippen molar-refractivity contribution in [2.24, 2.45) is 0 Å². The molecule has 0 aliphatic carbocycles. The lowest BCUT2D eigenvalue weighted by Crippen LogP contribution is -2.52. The lowest BCUT2D eigenvalue weighted by atomic mass is 10.1. The molecule has 2 amide bonds. The minimum atomic E-state index is -1.16. The third-order valence-electron chi connectivity index (χ3n) is 5.27. The van der Waals surface area contributed by atoms with Crippen molar-refractivity contribution in [3.8, 4) is 0 Å². The van der Waals surface area contributed by atoms with Gasteiger partial charge in [0.05, 0.1) is 30.4 Å². The Hall–Kier alpha value is -3.15. The van der Waals surface area contributed by atoms with Gasteiger partial charge in [-0.05, 0) is 29.5 Å². The number of fused-ring (bicyclic) bond motifs is 1. The lowest BCUT2D eigenvalue weighted by Gasteiger charge is -2.33.